The van der Waals surface area contributed by atoms with Gasteiger partial charge in [0.2, 0.25) is 0 Å². The Balaban J connectivity index is 1.78. The van der Waals surface area contributed by atoms with Crippen LogP contribution in [0, 0.1) is 5.92 Å². The first-order chi connectivity index (χ1) is 9.26. The van der Waals surface area contributed by atoms with Gasteiger partial charge in [-0.1, -0.05) is 26.2 Å². The Morgan fingerprint density at radius 3 is 3.00 bits per heavy atom. The lowest BCUT2D eigenvalue weighted by Crippen LogP contribution is -2.59. The van der Waals surface area contributed by atoms with Gasteiger partial charge in [0.15, 0.2) is 5.96 Å². The number of nitrogens with two attached hydrogens (primary N) is 1. The molecule has 3 unspecified atom stereocenters. The van der Waals surface area contributed by atoms with Crippen LogP contribution in [0.25, 0.3) is 0 Å². The van der Waals surface area contributed by atoms with E-state index in [1.807, 2.05) is 0 Å². The normalized spacial score (nSPS) is 39.0. The largest absolute Gasteiger partial charge is 0.376 e. The molecule has 2 heterocycles. The summed E-state index contributed by atoms with van der Waals surface area (Å²) < 4.78 is 5.81. The molecule has 0 aromatic rings. The third kappa shape index (κ3) is 2.24. The van der Waals surface area contributed by atoms with Gasteiger partial charge in [-0.3, -0.25) is 4.99 Å². The lowest BCUT2D eigenvalue weighted by Gasteiger charge is -2.48. The number of hydrogen-bond acceptors (Lipinski definition) is 4. The van der Waals surface area contributed by atoms with Crippen molar-refractivity contribution >= 4 is 5.96 Å². The highest BCUT2D eigenvalue weighted by molar-refractivity contribution is 5.81. The molecule has 2 fully saturated rings. The van der Waals surface area contributed by atoms with Crippen LogP contribution in [0.3, 0.4) is 0 Å². The lowest BCUT2D eigenvalue weighted by molar-refractivity contribution is 0.0235. The molecule has 0 aromatic carbocycles. The van der Waals surface area contributed by atoms with Crippen molar-refractivity contribution in [2.75, 3.05) is 19.7 Å². The summed E-state index contributed by atoms with van der Waals surface area (Å²) in [5.41, 5.74) is 6.41. The second kappa shape index (κ2) is 5.31. The van der Waals surface area contributed by atoms with E-state index in [4.69, 9.17) is 10.5 Å². The third-order valence-corrected chi connectivity index (χ3v) is 5.40. The number of nitrogens with zero attached hydrogens (tertiary/aromatic N) is 2. The molecule has 1 saturated carbocycles. The molecule has 0 bridgehead atoms. The maximum Gasteiger partial charge on any atom is 0.191 e. The summed E-state index contributed by atoms with van der Waals surface area (Å²) in [4.78, 5) is 7.01. The predicted molar refractivity (Wildman–Crippen MR) is 77.1 cm³/mol. The molecule has 3 atom stereocenters. The maximum absolute atomic E-state index is 6.20. The van der Waals surface area contributed by atoms with Crippen molar-refractivity contribution in [1.82, 2.24) is 4.90 Å². The van der Waals surface area contributed by atoms with Gasteiger partial charge < -0.3 is 15.4 Å². The van der Waals surface area contributed by atoms with Crippen LogP contribution >= 0.6 is 0 Å². The first-order valence-electron chi connectivity index (χ1n) is 7.95. The highest BCUT2D eigenvalue weighted by Crippen LogP contribution is 2.43. The molecule has 2 aliphatic heterocycles. The van der Waals surface area contributed by atoms with Gasteiger partial charge in [-0.15, -0.1) is 0 Å². The summed E-state index contributed by atoms with van der Waals surface area (Å²) in [6, 6.07) is 0. The van der Waals surface area contributed by atoms with Gasteiger partial charge >= 0.3 is 0 Å². The maximum atomic E-state index is 6.20. The minimum absolute atomic E-state index is 0.211. The van der Waals surface area contributed by atoms with Crippen LogP contribution in [0.4, 0.5) is 0 Å². The number of aliphatic imine (C=N–C) groups is 1. The van der Waals surface area contributed by atoms with Crippen molar-refractivity contribution < 1.29 is 4.74 Å². The van der Waals surface area contributed by atoms with E-state index in [1.54, 1.807) is 0 Å². The highest BCUT2D eigenvalue weighted by atomic mass is 16.5. The van der Waals surface area contributed by atoms with Crippen LogP contribution in [-0.4, -0.2) is 42.2 Å². The molecule has 2 N–H and O–H groups in total. The third-order valence-electron chi connectivity index (χ3n) is 5.40. The van der Waals surface area contributed by atoms with E-state index in [-0.39, 0.29) is 5.54 Å². The van der Waals surface area contributed by atoms with Gasteiger partial charge in [0.1, 0.15) is 0 Å². The molecule has 4 nitrogen and oxygen atoms in total. The predicted octanol–water partition coefficient (Wildman–Crippen LogP) is 2.13. The van der Waals surface area contributed by atoms with Crippen LogP contribution in [0.1, 0.15) is 51.9 Å². The van der Waals surface area contributed by atoms with Gasteiger partial charge in [0.05, 0.1) is 18.2 Å². The van der Waals surface area contributed by atoms with E-state index < -0.39 is 0 Å². The Hall–Kier alpha value is -0.770. The van der Waals surface area contributed by atoms with E-state index in [0.29, 0.717) is 6.10 Å². The number of ether oxygens (including phenoxy) is 1. The summed E-state index contributed by atoms with van der Waals surface area (Å²) >= 11 is 0. The summed E-state index contributed by atoms with van der Waals surface area (Å²) in [5, 5.41) is 0. The van der Waals surface area contributed by atoms with Crippen LogP contribution < -0.4 is 5.73 Å². The van der Waals surface area contributed by atoms with Crippen LogP contribution in [0.15, 0.2) is 4.99 Å². The average molecular weight is 265 g/mol. The van der Waals surface area contributed by atoms with Crippen molar-refractivity contribution in [3.8, 4) is 0 Å². The fraction of sp³-hybridized carbons (Fsp3) is 0.933. The van der Waals surface area contributed by atoms with Crippen molar-refractivity contribution in [3.63, 3.8) is 0 Å². The van der Waals surface area contributed by atoms with Crippen molar-refractivity contribution in [1.29, 1.82) is 0 Å². The van der Waals surface area contributed by atoms with E-state index in [2.05, 4.69) is 16.8 Å². The molecular weight excluding hydrogens is 238 g/mol. The fourth-order valence-corrected chi connectivity index (χ4v) is 4.33. The van der Waals surface area contributed by atoms with Gasteiger partial charge in [0, 0.05) is 13.2 Å². The topological polar surface area (TPSA) is 50.8 Å². The van der Waals surface area contributed by atoms with E-state index >= 15 is 0 Å². The minimum Gasteiger partial charge on any atom is -0.376 e. The zero-order chi connectivity index (χ0) is 13.3. The highest BCUT2D eigenvalue weighted by Gasteiger charge is 2.49. The van der Waals surface area contributed by atoms with Gasteiger partial charge in [-0.2, -0.15) is 0 Å². The van der Waals surface area contributed by atoms with Crippen LogP contribution in [0.5, 0.6) is 0 Å². The summed E-state index contributed by atoms with van der Waals surface area (Å²) in [7, 11) is 0. The Kier molecular flexibility index (Phi) is 3.70. The quantitative estimate of drug-likeness (QED) is 0.850. The molecule has 3 rings (SSSR count). The standard InChI is InChI=1S/C15H27N3O/c1-2-12-6-3-4-8-15(12)11-17-14(16)18(15)10-13-7-5-9-19-13/h12-13H,2-11H2,1H3,(H2,16,17). The monoisotopic (exact) mass is 265 g/mol. The number of guanidine groups is 1. The zero-order valence-electron chi connectivity index (χ0n) is 12.1. The van der Waals surface area contributed by atoms with Crippen molar-refractivity contribution in [3.05, 3.63) is 0 Å². The van der Waals surface area contributed by atoms with Gasteiger partial charge in [0.25, 0.3) is 0 Å². The summed E-state index contributed by atoms with van der Waals surface area (Å²) in [5.74, 6) is 1.50. The lowest BCUT2D eigenvalue weighted by atomic mass is 9.70. The molecule has 0 amide bonds. The molecule has 0 aromatic heterocycles. The smallest absolute Gasteiger partial charge is 0.191 e. The molecule has 108 valence electrons. The molecule has 1 spiro atoms. The zero-order valence-corrected chi connectivity index (χ0v) is 12.1. The molecule has 3 aliphatic rings. The van der Waals surface area contributed by atoms with E-state index in [1.165, 1.54) is 44.9 Å². The Morgan fingerprint density at radius 1 is 1.37 bits per heavy atom. The molecular formula is C15H27N3O. The molecule has 0 radical (unpaired) electrons. The SMILES string of the molecule is CCC1CCCCC12CN=C(N)N2CC1CCCO1. The fourth-order valence-electron chi connectivity index (χ4n) is 4.33. The van der Waals surface area contributed by atoms with Crippen LogP contribution in [-0.2, 0) is 4.74 Å². The van der Waals surface area contributed by atoms with Gasteiger partial charge in [-0.05, 0) is 31.6 Å². The first-order valence-corrected chi connectivity index (χ1v) is 7.95. The van der Waals surface area contributed by atoms with Crippen LogP contribution in [0.2, 0.25) is 0 Å². The first kappa shape index (κ1) is 13.2. The Labute approximate surface area is 116 Å². The Bertz CT molecular complexity index is 351. The second-order valence-corrected chi connectivity index (χ2v) is 6.37. The molecule has 1 aliphatic carbocycles. The molecule has 19 heavy (non-hydrogen) atoms. The van der Waals surface area contributed by atoms with E-state index in [9.17, 15) is 0 Å². The number of hydrogen-bond donors (Lipinski definition) is 1. The molecule has 4 heteroatoms. The number of rotatable bonds is 3. The second-order valence-electron chi connectivity index (χ2n) is 6.37. The van der Waals surface area contributed by atoms with Crippen molar-refractivity contribution in [2.45, 2.75) is 63.5 Å². The summed E-state index contributed by atoms with van der Waals surface area (Å²) in [6.07, 6.45) is 9.25. The Morgan fingerprint density at radius 2 is 2.26 bits per heavy atom. The van der Waals surface area contributed by atoms with E-state index in [0.717, 1.165) is 31.6 Å². The van der Waals surface area contributed by atoms with Gasteiger partial charge in [-0.25, -0.2) is 0 Å². The minimum atomic E-state index is 0.211. The summed E-state index contributed by atoms with van der Waals surface area (Å²) in [6.45, 7) is 5.09. The van der Waals surface area contributed by atoms with Crippen molar-refractivity contribution in [2.24, 2.45) is 16.6 Å². The molecule has 1 saturated heterocycles. The average Bonchev–Trinajstić information content (AvgIpc) is 3.04.